The van der Waals surface area contributed by atoms with Crippen molar-refractivity contribution in [2.75, 3.05) is 44.3 Å². The van der Waals surface area contributed by atoms with Crippen molar-refractivity contribution in [1.82, 2.24) is 14.8 Å². The van der Waals surface area contributed by atoms with Crippen molar-refractivity contribution in [2.24, 2.45) is 0 Å². The summed E-state index contributed by atoms with van der Waals surface area (Å²) in [6, 6.07) is 0.389. The Morgan fingerprint density at radius 2 is 2.32 bits per heavy atom. The average molecular weight is 283 g/mol. The lowest BCUT2D eigenvalue weighted by Gasteiger charge is -2.39. The van der Waals surface area contributed by atoms with E-state index in [4.69, 9.17) is 5.73 Å². The number of piperazine rings is 1. The Labute approximate surface area is 117 Å². The van der Waals surface area contributed by atoms with Crippen molar-refractivity contribution in [2.45, 2.75) is 19.9 Å². The molecule has 0 spiro atoms. The maximum absolute atomic E-state index is 12.5. The lowest BCUT2D eigenvalue weighted by molar-refractivity contribution is 0.0533. The predicted octanol–water partition coefficient (Wildman–Crippen LogP) is 0.933. The highest BCUT2D eigenvalue weighted by Crippen LogP contribution is 2.26. The number of nitrogens with one attached hydrogen (secondary N) is 1. The van der Waals surface area contributed by atoms with Crippen LogP contribution in [0.1, 0.15) is 23.5 Å². The van der Waals surface area contributed by atoms with Crippen LogP contribution < -0.4 is 11.1 Å². The van der Waals surface area contributed by atoms with E-state index < -0.39 is 0 Å². The molecule has 19 heavy (non-hydrogen) atoms. The molecule has 1 fully saturated rings. The van der Waals surface area contributed by atoms with Crippen molar-refractivity contribution in [3.05, 3.63) is 4.88 Å². The normalized spacial score (nSPS) is 20.6. The SMILES string of the molecule is CCN1CCN(C(=O)c2sc(NC)nc2N)CC1C. The van der Waals surface area contributed by atoms with Crippen molar-refractivity contribution in [1.29, 1.82) is 0 Å². The predicted molar refractivity (Wildman–Crippen MR) is 78.7 cm³/mol. The van der Waals surface area contributed by atoms with Gasteiger partial charge in [0.25, 0.3) is 5.91 Å². The van der Waals surface area contributed by atoms with E-state index >= 15 is 0 Å². The van der Waals surface area contributed by atoms with Gasteiger partial charge in [-0.05, 0) is 13.5 Å². The van der Waals surface area contributed by atoms with E-state index in [2.05, 4.69) is 29.0 Å². The summed E-state index contributed by atoms with van der Waals surface area (Å²) in [5.41, 5.74) is 5.81. The largest absolute Gasteiger partial charge is 0.382 e. The number of rotatable bonds is 3. The molecule has 1 aliphatic rings. The summed E-state index contributed by atoms with van der Waals surface area (Å²) in [4.78, 5) is 21.4. The molecule has 1 saturated heterocycles. The van der Waals surface area contributed by atoms with E-state index in [1.165, 1.54) is 11.3 Å². The molecule has 0 saturated carbocycles. The number of hydrogen-bond donors (Lipinski definition) is 2. The minimum atomic E-state index is -0.000830. The van der Waals surface area contributed by atoms with E-state index in [1.807, 2.05) is 4.90 Å². The Kier molecular flexibility index (Phi) is 4.26. The van der Waals surface area contributed by atoms with Crippen LogP contribution in [-0.2, 0) is 0 Å². The van der Waals surface area contributed by atoms with Crippen molar-refractivity contribution < 1.29 is 4.79 Å². The Bertz CT molecular complexity index is 461. The highest BCUT2D eigenvalue weighted by Gasteiger charge is 2.28. The molecule has 0 radical (unpaired) electrons. The second kappa shape index (κ2) is 5.75. The number of thiazole rings is 1. The Morgan fingerprint density at radius 3 is 2.84 bits per heavy atom. The van der Waals surface area contributed by atoms with Crippen LogP contribution in [0.2, 0.25) is 0 Å². The molecule has 7 heteroatoms. The number of carbonyl (C=O) groups excluding carboxylic acids is 1. The molecule has 106 valence electrons. The van der Waals surface area contributed by atoms with Gasteiger partial charge in [0.15, 0.2) is 5.13 Å². The molecule has 6 nitrogen and oxygen atoms in total. The summed E-state index contributed by atoms with van der Waals surface area (Å²) in [5.74, 6) is 0.323. The number of nitrogens with zero attached hydrogens (tertiary/aromatic N) is 3. The van der Waals surface area contributed by atoms with Gasteiger partial charge in [0.2, 0.25) is 0 Å². The first-order valence-corrected chi connectivity index (χ1v) is 7.35. The number of hydrogen-bond acceptors (Lipinski definition) is 6. The highest BCUT2D eigenvalue weighted by atomic mass is 32.1. The van der Waals surface area contributed by atoms with Crippen LogP contribution in [0, 0.1) is 0 Å². The molecule has 2 heterocycles. The molecule has 1 aromatic heterocycles. The summed E-state index contributed by atoms with van der Waals surface area (Å²) >= 11 is 1.32. The minimum absolute atomic E-state index is 0.000830. The van der Waals surface area contributed by atoms with E-state index in [0.717, 1.165) is 26.2 Å². The van der Waals surface area contributed by atoms with Crippen LogP contribution in [0.15, 0.2) is 0 Å². The van der Waals surface area contributed by atoms with Crippen LogP contribution >= 0.6 is 11.3 Å². The summed E-state index contributed by atoms with van der Waals surface area (Å²) in [5, 5.41) is 3.60. The molecular weight excluding hydrogens is 262 g/mol. The third-order valence-electron chi connectivity index (χ3n) is 3.52. The number of carbonyl (C=O) groups is 1. The number of anilines is 2. The molecule has 1 aliphatic heterocycles. The second-order valence-corrected chi connectivity index (χ2v) is 5.71. The zero-order chi connectivity index (χ0) is 14.0. The molecule has 2 rings (SSSR count). The first kappa shape index (κ1) is 14.1. The number of nitrogen functional groups attached to an aromatic ring is 1. The number of aromatic nitrogens is 1. The molecule has 3 N–H and O–H groups in total. The first-order chi connectivity index (χ1) is 9.06. The van der Waals surface area contributed by atoms with Crippen molar-refractivity contribution in [3.8, 4) is 0 Å². The summed E-state index contributed by atoms with van der Waals surface area (Å²) < 4.78 is 0. The maximum atomic E-state index is 12.5. The Balaban J connectivity index is 2.10. The van der Waals surface area contributed by atoms with Crippen LogP contribution in [-0.4, -0.2) is 60.0 Å². The molecule has 0 aromatic carbocycles. The van der Waals surface area contributed by atoms with Gasteiger partial charge in [0.1, 0.15) is 10.7 Å². The Hall–Kier alpha value is -1.34. The smallest absolute Gasteiger partial charge is 0.267 e. The van der Waals surface area contributed by atoms with Gasteiger partial charge in [-0.2, -0.15) is 0 Å². The molecule has 1 unspecified atom stereocenters. The van der Waals surface area contributed by atoms with Gasteiger partial charge in [-0.1, -0.05) is 18.3 Å². The lowest BCUT2D eigenvalue weighted by Crippen LogP contribution is -2.53. The minimum Gasteiger partial charge on any atom is -0.382 e. The molecule has 1 amide bonds. The fraction of sp³-hybridized carbons (Fsp3) is 0.667. The van der Waals surface area contributed by atoms with Gasteiger partial charge in [0, 0.05) is 32.7 Å². The van der Waals surface area contributed by atoms with E-state index in [9.17, 15) is 4.79 Å². The molecule has 1 aromatic rings. The maximum Gasteiger partial charge on any atom is 0.267 e. The zero-order valence-electron chi connectivity index (χ0n) is 11.6. The van der Waals surface area contributed by atoms with Crippen LogP contribution in [0.3, 0.4) is 0 Å². The molecule has 1 atom stereocenters. The fourth-order valence-electron chi connectivity index (χ4n) is 2.39. The quantitative estimate of drug-likeness (QED) is 0.863. The second-order valence-electron chi connectivity index (χ2n) is 4.71. The van der Waals surface area contributed by atoms with Crippen molar-refractivity contribution >= 4 is 28.2 Å². The molecule has 0 aliphatic carbocycles. The molecular formula is C12H21N5OS. The lowest BCUT2D eigenvalue weighted by atomic mass is 10.2. The molecule has 0 bridgehead atoms. The summed E-state index contributed by atoms with van der Waals surface area (Å²) in [6.07, 6.45) is 0. The standard InChI is InChI=1S/C12H21N5OS/c1-4-16-5-6-17(7-8(16)2)11(18)9-10(13)15-12(14-3)19-9/h8H,4-7,13H2,1-3H3,(H,14,15). The highest BCUT2D eigenvalue weighted by molar-refractivity contribution is 7.18. The third kappa shape index (κ3) is 2.82. The average Bonchev–Trinajstić information content (AvgIpc) is 2.79. The van der Waals surface area contributed by atoms with E-state index in [-0.39, 0.29) is 5.91 Å². The van der Waals surface area contributed by atoms with Crippen molar-refractivity contribution in [3.63, 3.8) is 0 Å². The Morgan fingerprint density at radius 1 is 1.58 bits per heavy atom. The summed E-state index contributed by atoms with van der Waals surface area (Å²) in [7, 11) is 1.77. The van der Waals surface area contributed by atoms with Gasteiger partial charge in [-0.25, -0.2) is 4.98 Å². The zero-order valence-corrected chi connectivity index (χ0v) is 12.5. The van der Waals surface area contributed by atoms with Gasteiger partial charge < -0.3 is 16.0 Å². The van der Waals surface area contributed by atoms with Crippen LogP contribution in [0.5, 0.6) is 0 Å². The van der Waals surface area contributed by atoms with Crippen LogP contribution in [0.25, 0.3) is 0 Å². The third-order valence-corrected chi connectivity index (χ3v) is 4.60. The van der Waals surface area contributed by atoms with Gasteiger partial charge >= 0.3 is 0 Å². The number of nitrogens with two attached hydrogens (primary N) is 1. The monoisotopic (exact) mass is 283 g/mol. The first-order valence-electron chi connectivity index (χ1n) is 6.54. The number of amides is 1. The number of likely N-dealkylation sites (N-methyl/N-ethyl adjacent to an activating group) is 1. The summed E-state index contributed by atoms with van der Waals surface area (Å²) in [6.45, 7) is 7.74. The van der Waals surface area contributed by atoms with Gasteiger partial charge in [0.05, 0.1) is 0 Å². The van der Waals surface area contributed by atoms with E-state index in [0.29, 0.717) is 21.9 Å². The topological polar surface area (TPSA) is 74.5 Å². The van der Waals surface area contributed by atoms with Gasteiger partial charge in [-0.3, -0.25) is 9.69 Å². The van der Waals surface area contributed by atoms with Gasteiger partial charge in [-0.15, -0.1) is 0 Å². The van der Waals surface area contributed by atoms with E-state index in [1.54, 1.807) is 7.05 Å². The fourth-order valence-corrected chi connectivity index (χ4v) is 3.19. The van der Waals surface area contributed by atoms with Crippen LogP contribution in [0.4, 0.5) is 10.9 Å².